The number of nitrogen functional groups attached to an aromatic ring is 1. The third kappa shape index (κ3) is 3.27. The van der Waals surface area contributed by atoms with Crippen molar-refractivity contribution in [3.63, 3.8) is 0 Å². The normalized spacial score (nSPS) is 10.7. The first-order chi connectivity index (χ1) is 9.99. The van der Waals surface area contributed by atoms with Crippen LogP contribution < -0.4 is 5.73 Å². The average molecular weight is 283 g/mol. The molecule has 4 N–H and O–H groups in total. The molecule has 0 heterocycles. The summed E-state index contributed by atoms with van der Waals surface area (Å²) >= 11 is 0. The van der Waals surface area contributed by atoms with Crippen molar-refractivity contribution in [3.8, 4) is 5.75 Å². The molecule has 0 radical (unpaired) electrons. The molecule has 0 saturated heterocycles. The predicted octanol–water partition coefficient (Wildman–Crippen LogP) is 2.57. The molecule has 0 spiro atoms. The summed E-state index contributed by atoms with van der Waals surface area (Å²) in [6.07, 6.45) is 2.74. The first kappa shape index (κ1) is 14.3. The molecular formula is C16H13NO4. The van der Waals surface area contributed by atoms with Gasteiger partial charge < -0.3 is 15.9 Å². The van der Waals surface area contributed by atoms with Crippen molar-refractivity contribution >= 4 is 23.5 Å². The van der Waals surface area contributed by atoms with Crippen molar-refractivity contribution in [2.45, 2.75) is 0 Å². The molecule has 0 bridgehead atoms. The molecule has 0 unspecified atom stereocenters. The van der Waals surface area contributed by atoms with Crippen LogP contribution in [0.25, 0.3) is 6.08 Å². The van der Waals surface area contributed by atoms with Crippen LogP contribution in [0.2, 0.25) is 0 Å². The number of carbonyl (C=O) groups excluding carboxylic acids is 1. The number of hydrogen-bond donors (Lipinski definition) is 3. The van der Waals surface area contributed by atoms with E-state index in [4.69, 9.17) is 10.8 Å². The summed E-state index contributed by atoms with van der Waals surface area (Å²) in [5.74, 6) is -1.66. The topological polar surface area (TPSA) is 101 Å². The standard InChI is InChI=1S/C16H13NO4/c17-13-7-5-10(9-15(13)19)6-8-14(18)11-3-1-2-4-12(11)16(20)21/h1-9,19H,17H2,(H,20,21)/b8-6+. The molecule has 106 valence electrons. The molecule has 0 saturated carbocycles. The Morgan fingerprint density at radius 2 is 1.71 bits per heavy atom. The van der Waals surface area contributed by atoms with Gasteiger partial charge in [-0.05, 0) is 29.8 Å². The number of benzene rings is 2. The Labute approximate surface area is 121 Å². The van der Waals surface area contributed by atoms with Gasteiger partial charge in [0.05, 0.1) is 11.3 Å². The van der Waals surface area contributed by atoms with Gasteiger partial charge in [-0.3, -0.25) is 4.79 Å². The predicted molar refractivity (Wildman–Crippen MR) is 79.3 cm³/mol. The summed E-state index contributed by atoms with van der Waals surface area (Å²) in [6.45, 7) is 0. The molecule has 0 aliphatic rings. The van der Waals surface area contributed by atoms with E-state index in [1.165, 1.54) is 36.4 Å². The molecule has 2 aromatic carbocycles. The van der Waals surface area contributed by atoms with Gasteiger partial charge in [-0.25, -0.2) is 4.79 Å². The minimum Gasteiger partial charge on any atom is -0.506 e. The lowest BCUT2D eigenvalue weighted by Crippen LogP contribution is -2.06. The second kappa shape index (κ2) is 5.92. The fraction of sp³-hybridized carbons (Fsp3) is 0. The second-order valence-corrected chi connectivity index (χ2v) is 4.37. The second-order valence-electron chi connectivity index (χ2n) is 4.37. The third-order valence-corrected chi connectivity index (χ3v) is 2.90. The van der Waals surface area contributed by atoms with Crippen molar-refractivity contribution in [1.29, 1.82) is 0 Å². The Hall–Kier alpha value is -3.08. The van der Waals surface area contributed by atoms with E-state index >= 15 is 0 Å². The summed E-state index contributed by atoms with van der Waals surface area (Å²) < 4.78 is 0. The molecule has 2 aromatic rings. The number of aromatic carboxylic acids is 1. The maximum absolute atomic E-state index is 12.1. The highest BCUT2D eigenvalue weighted by Gasteiger charge is 2.13. The number of nitrogens with two attached hydrogens (primary N) is 1. The fourth-order valence-corrected chi connectivity index (χ4v) is 1.81. The van der Waals surface area contributed by atoms with Gasteiger partial charge >= 0.3 is 5.97 Å². The highest BCUT2D eigenvalue weighted by molar-refractivity contribution is 6.12. The first-order valence-electron chi connectivity index (χ1n) is 6.12. The lowest BCUT2D eigenvalue weighted by molar-refractivity contribution is 0.0693. The van der Waals surface area contributed by atoms with E-state index in [-0.39, 0.29) is 22.6 Å². The number of phenolic OH excluding ortho intramolecular Hbond substituents is 1. The fourth-order valence-electron chi connectivity index (χ4n) is 1.81. The SMILES string of the molecule is Nc1ccc(/C=C/C(=O)c2ccccc2C(=O)O)cc1O. The lowest BCUT2D eigenvalue weighted by atomic mass is 10.0. The zero-order valence-corrected chi connectivity index (χ0v) is 11.0. The van der Waals surface area contributed by atoms with Crippen LogP contribution >= 0.6 is 0 Å². The van der Waals surface area contributed by atoms with Gasteiger partial charge in [0.1, 0.15) is 5.75 Å². The van der Waals surface area contributed by atoms with Crippen LogP contribution in [0, 0.1) is 0 Å². The summed E-state index contributed by atoms with van der Waals surface area (Å²) in [6, 6.07) is 10.6. The number of aromatic hydroxyl groups is 1. The van der Waals surface area contributed by atoms with Gasteiger partial charge in [0.15, 0.2) is 5.78 Å². The number of rotatable bonds is 4. The monoisotopic (exact) mass is 283 g/mol. The summed E-state index contributed by atoms with van der Waals surface area (Å²) in [5.41, 5.74) is 6.38. The maximum Gasteiger partial charge on any atom is 0.336 e. The van der Waals surface area contributed by atoms with Crippen LogP contribution in [0.1, 0.15) is 26.3 Å². The van der Waals surface area contributed by atoms with Crippen LogP contribution in [0.4, 0.5) is 5.69 Å². The molecule has 21 heavy (non-hydrogen) atoms. The maximum atomic E-state index is 12.1. The van der Waals surface area contributed by atoms with Crippen LogP contribution in [-0.4, -0.2) is 22.0 Å². The van der Waals surface area contributed by atoms with Crippen LogP contribution in [0.3, 0.4) is 0 Å². The van der Waals surface area contributed by atoms with Gasteiger partial charge in [-0.15, -0.1) is 0 Å². The molecule has 0 aliphatic heterocycles. The number of hydrogen-bond acceptors (Lipinski definition) is 4. The zero-order valence-electron chi connectivity index (χ0n) is 11.0. The first-order valence-corrected chi connectivity index (χ1v) is 6.12. The third-order valence-electron chi connectivity index (χ3n) is 2.90. The van der Waals surface area contributed by atoms with Crippen molar-refractivity contribution in [3.05, 3.63) is 65.2 Å². The van der Waals surface area contributed by atoms with Gasteiger partial charge in [0.2, 0.25) is 0 Å². The smallest absolute Gasteiger partial charge is 0.336 e. The molecular weight excluding hydrogens is 270 g/mol. The zero-order chi connectivity index (χ0) is 15.4. The van der Waals surface area contributed by atoms with Crippen molar-refractivity contribution in [1.82, 2.24) is 0 Å². The molecule has 0 amide bonds. The number of anilines is 1. The van der Waals surface area contributed by atoms with Gasteiger partial charge in [-0.2, -0.15) is 0 Å². The average Bonchev–Trinajstić information content (AvgIpc) is 2.48. The number of allylic oxidation sites excluding steroid dienone is 1. The summed E-state index contributed by atoms with van der Waals surface area (Å²) in [4.78, 5) is 23.1. The Balaban J connectivity index is 2.27. The molecule has 0 aromatic heterocycles. The van der Waals surface area contributed by atoms with E-state index in [2.05, 4.69) is 0 Å². The number of carbonyl (C=O) groups is 2. The van der Waals surface area contributed by atoms with Crippen molar-refractivity contribution in [2.75, 3.05) is 5.73 Å². The highest BCUT2D eigenvalue weighted by Crippen LogP contribution is 2.21. The van der Waals surface area contributed by atoms with Gasteiger partial charge in [-0.1, -0.05) is 30.3 Å². The molecule has 5 nitrogen and oxygen atoms in total. The van der Waals surface area contributed by atoms with E-state index in [0.717, 1.165) is 0 Å². The Morgan fingerprint density at radius 1 is 1.05 bits per heavy atom. The highest BCUT2D eigenvalue weighted by atomic mass is 16.4. The van der Waals surface area contributed by atoms with Crippen molar-refractivity contribution < 1.29 is 19.8 Å². The van der Waals surface area contributed by atoms with Crippen LogP contribution in [-0.2, 0) is 0 Å². The van der Waals surface area contributed by atoms with E-state index in [1.54, 1.807) is 18.2 Å². The summed E-state index contributed by atoms with van der Waals surface area (Å²) in [5, 5.41) is 18.5. The van der Waals surface area contributed by atoms with Gasteiger partial charge in [0, 0.05) is 5.56 Å². The van der Waals surface area contributed by atoms with Gasteiger partial charge in [0.25, 0.3) is 0 Å². The number of phenols is 1. The number of carboxylic acids is 1. The Kier molecular flexibility index (Phi) is 4.04. The molecule has 0 aliphatic carbocycles. The van der Waals surface area contributed by atoms with E-state index in [9.17, 15) is 14.7 Å². The lowest BCUT2D eigenvalue weighted by Gasteiger charge is -2.02. The largest absolute Gasteiger partial charge is 0.506 e. The molecule has 2 rings (SSSR count). The quantitative estimate of drug-likeness (QED) is 0.346. The molecule has 0 atom stereocenters. The van der Waals surface area contributed by atoms with Crippen LogP contribution in [0.5, 0.6) is 5.75 Å². The molecule has 5 heteroatoms. The number of carboxylic acid groups (broad SMARTS) is 1. The Morgan fingerprint density at radius 3 is 2.33 bits per heavy atom. The van der Waals surface area contributed by atoms with E-state index in [1.807, 2.05) is 0 Å². The molecule has 0 fully saturated rings. The summed E-state index contributed by atoms with van der Waals surface area (Å²) in [7, 11) is 0. The van der Waals surface area contributed by atoms with E-state index in [0.29, 0.717) is 5.56 Å². The minimum atomic E-state index is -1.16. The van der Waals surface area contributed by atoms with Crippen LogP contribution in [0.15, 0.2) is 48.5 Å². The Bertz CT molecular complexity index is 735. The van der Waals surface area contributed by atoms with Crippen molar-refractivity contribution in [2.24, 2.45) is 0 Å². The minimum absolute atomic E-state index is 0.0488. The van der Waals surface area contributed by atoms with E-state index < -0.39 is 11.8 Å². The number of ketones is 1.